The second-order valence-electron chi connectivity index (χ2n) is 5.17. The molecule has 1 fully saturated rings. The molecule has 2 atom stereocenters. The Kier molecular flexibility index (Phi) is 4.76. The lowest BCUT2D eigenvalue weighted by molar-refractivity contribution is -0.120. The van der Waals surface area contributed by atoms with Crippen LogP contribution in [0.1, 0.15) is 38.2 Å². The highest BCUT2D eigenvalue weighted by atomic mass is 16.2. The number of rotatable bonds is 4. The molecule has 2 rings (SSSR count). The van der Waals surface area contributed by atoms with Crippen molar-refractivity contribution in [2.75, 3.05) is 0 Å². The third-order valence-corrected chi connectivity index (χ3v) is 3.68. The molecule has 0 aliphatic heterocycles. The van der Waals surface area contributed by atoms with E-state index in [1.807, 2.05) is 0 Å². The van der Waals surface area contributed by atoms with Crippen molar-refractivity contribution in [1.82, 2.24) is 10.9 Å². The molecule has 3 heteroatoms. The van der Waals surface area contributed by atoms with Gasteiger partial charge < -0.3 is 0 Å². The Bertz CT molecular complexity index is 377. The smallest absolute Gasteiger partial charge is 0.230 e. The van der Waals surface area contributed by atoms with Crippen LogP contribution in [0.5, 0.6) is 0 Å². The molecule has 18 heavy (non-hydrogen) atoms. The minimum absolute atomic E-state index is 0.0148. The largest absolute Gasteiger partial charge is 0.292 e. The van der Waals surface area contributed by atoms with E-state index < -0.39 is 0 Å². The molecular weight excluding hydrogens is 224 g/mol. The number of carbonyl (C=O) groups is 1. The Balaban J connectivity index is 1.93. The number of hydrogen-bond acceptors (Lipinski definition) is 2. The molecule has 1 aromatic rings. The van der Waals surface area contributed by atoms with Crippen molar-refractivity contribution >= 4 is 5.91 Å². The van der Waals surface area contributed by atoms with Crippen LogP contribution in [0.4, 0.5) is 0 Å². The van der Waals surface area contributed by atoms with Crippen molar-refractivity contribution in [2.24, 2.45) is 5.92 Å². The molecule has 2 N–H and O–H groups in total. The third kappa shape index (κ3) is 3.84. The number of nitrogens with one attached hydrogen (secondary N) is 2. The Labute approximate surface area is 109 Å². The summed E-state index contributed by atoms with van der Waals surface area (Å²) in [6.07, 6.45) is 6.04. The molecule has 0 radical (unpaired) electrons. The monoisotopic (exact) mass is 246 g/mol. The van der Waals surface area contributed by atoms with E-state index in [9.17, 15) is 4.79 Å². The predicted molar refractivity (Wildman–Crippen MR) is 72.8 cm³/mol. The maximum atomic E-state index is 11.0. The number of hydrazine groups is 1. The van der Waals surface area contributed by atoms with Crippen LogP contribution in [0.3, 0.4) is 0 Å². The SMILES string of the molecule is CC(=O)NN[C@@H]1CCCC[C@@H]1Cc1ccccc1. The van der Waals surface area contributed by atoms with Gasteiger partial charge in [-0.3, -0.25) is 10.2 Å². The number of amides is 1. The van der Waals surface area contributed by atoms with Gasteiger partial charge in [0.15, 0.2) is 0 Å². The van der Waals surface area contributed by atoms with E-state index in [0.29, 0.717) is 12.0 Å². The summed E-state index contributed by atoms with van der Waals surface area (Å²) < 4.78 is 0. The highest BCUT2D eigenvalue weighted by Crippen LogP contribution is 2.27. The van der Waals surface area contributed by atoms with Crippen molar-refractivity contribution in [3.8, 4) is 0 Å². The maximum Gasteiger partial charge on any atom is 0.230 e. The fraction of sp³-hybridized carbons (Fsp3) is 0.533. The second-order valence-corrected chi connectivity index (χ2v) is 5.17. The zero-order valence-corrected chi connectivity index (χ0v) is 11.0. The maximum absolute atomic E-state index is 11.0. The second kappa shape index (κ2) is 6.55. The van der Waals surface area contributed by atoms with Crippen molar-refractivity contribution in [2.45, 2.75) is 45.1 Å². The molecule has 98 valence electrons. The molecular formula is C15H22N2O. The van der Waals surface area contributed by atoms with Crippen LogP contribution in [0, 0.1) is 5.92 Å². The van der Waals surface area contributed by atoms with Gasteiger partial charge in [0.25, 0.3) is 0 Å². The Hall–Kier alpha value is -1.35. The normalized spacial score (nSPS) is 23.6. The van der Waals surface area contributed by atoms with Gasteiger partial charge in [0.2, 0.25) is 5.91 Å². The van der Waals surface area contributed by atoms with Crippen LogP contribution in [-0.2, 0) is 11.2 Å². The van der Waals surface area contributed by atoms with Crippen LogP contribution in [0.25, 0.3) is 0 Å². The number of hydrogen-bond donors (Lipinski definition) is 2. The van der Waals surface area contributed by atoms with E-state index in [0.717, 1.165) is 12.8 Å². The Morgan fingerprint density at radius 1 is 1.22 bits per heavy atom. The predicted octanol–water partition coefficient (Wildman–Crippen LogP) is 2.43. The summed E-state index contributed by atoms with van der Waals surface area (Å²) in [5, 5.41) is 0. The highest BCUT2D eigenvalue weighted by Gasteiger charge is 2.25. The lowest BCUT2D eigenvalue weighted by Gasteiger charge is -2.32. The third-order valence-electron chi connectivity index (χ3n) is 3.68. The number of benzene rings is 1. The molecule has 3 nitrogen and oxygen atoms in total. The average molecular weight is 246 g/mol. The minimum Gasteiger partial charge on any atom is -0.292 e. The van der Waals surface area contributed by atoms with Crippen LogP contribution >= 0.6 is 0 Å². The zero-order valence-electron chi connectivity index (χ0n) is 11.0. The standard InChI is InChI=1S/C15H22N2O/c1-12(18)16-17-15-10-6-5-9-14(15)11-13-7-3-2-4-8-13/h2-4,7-8,14-15,17H,5-6,9-11H2,1H3,(H,16,18)/t14-,15-/m1/s1. The van der Waals surface area contributed by atoms with E-state index in [2.05, 4.69) is 41.2 Å². The quantitative estimate of drug-likeness (QED) is 0.801. The van der Waals surface area contributed by atoms with Crippen molar-refractivity contribution in [3.63, 3.8) is 0 Å². The molecule has 1 amide bonds. The van der Waals surface area contributed by atoms with Gasteiger partial charge in [-0.05, 0) is 30.7 Å². The Morgan fingerprint density at radius 2 is 1.94 bits per heavy atom. The van der Waals surface area contributed by atoms with Gasteiger partial charge in [0, 0.05) is 13.0 Å². The number of carbonyl (C=O) groups excluding carboxylic acids is 1. The van der Waals surface area contributed by atoms with Crippen molar-refractivity contribution in [1.29, 1.82) is 0 Å². The van der Waals surface area contributed by atoms with E-state index in [1.165, 1.54) is 24.8 Å². The minimum atomic E-state index is -0.0148. The van der Waals surface area contributed by atoms with E-state index in [-0.39, 0.29) is 5.91 Å². The lowest BCUT2D eigenvalue weighted by Crippen LogP contribution is -2.48. The van der Waals surface area contributed by atoms with Crippen LogP contribution in [-0.4, -0.2) is 11.9 Å². The van der Waals surface area contributed by atoms with Gasteiger partial charge in [0.05, 0.1) is 0 Å². The van der Waals surface area contributed by atoms with Gasteiger partial charge in [0.1, 0.15) is 0 Å². The van der Waals surface area contributed by atoms with Crippen molar-refractivity contribution in [3.05, 3.63) is 35.9 Å². The molecule has 0 heterocycles. The first kappa shape index (κ1) is 13.1. The molecule has 0 aromatic heterocycles. The van der Waals surface area contributed by atoms with Gasteiger partial charge in [-0.2, -0.15) is 0 Å². The van der Waals surface area contributed by atoms with E-state index in [4.69, 9.17) is 0 Å². The van der Waals surface area contributed by atoms with Gasteiger partial charge in [-0.15, -0.1) is 0 Å². The summed E-state index contributed by atoms with van der Waals surface area (Å²) in [7, 11) is 0. The summed E-state index contributed by atoms with van der Waals surface area (Å²) in [5.74, 6) is 0.604. The molecule has 0 unspecified atom stereocenters. The summed E-state index contributed by atoms with van der Waals surface area (Å²) in [6.45, 7) is 1.54. The molecule has 0 spiro atoms. The lowest BCUT2D eigenvalue weighted by atomic mass is 9.81. The van der Waals surface area contributed by atoms with Gasteiger partial charge >= 0.3 is 0 Å². The first-order valence-electron chi connectivity index (χ1n) is 6.82. The molecule has 1 aromatic carbocycles. The zero-order chi connectivity index (χ0) is 12.8. The van der Waals surface area contributed by atoms with Gasteiger partial charge in [-0.1, -0.05) is 43.2 Å². The molecule has 0 saturated heterocycles. The molecule has 1 aliphatic carbocycles. The fourth-order valence-electron chi connectivity index (χ4n) is 2.75. The van der Waals surface area contributed by atoms with Crippen LogP contribution in [0.2, 0.25) is 0 Å². The summed E-state index contributed by atoms with van der Waals surface area (Å²) in [6, 6.07) is 11.0. The Morgan fingerprint density at radius 3 is 2.67 bits per heavy atom. The molecule has 1 aliphatic rings. The van der Waals surface area contributed by atoms with Crippen LogP contribution in [0.15, 0.2) is 30.3 Å². The van der Waals surface area contributed by atoms with Crippen molar-refractivity contribution < 1.29 is 4.79 Å². The van der Waals surface area contributed by atoms with Gasteiger partial charge in [-0.25, -0.2) is 5.43 Å². The molecule has 1 saturated carbocycles. The van der Waals surface area contributed by atoms with E-state index in [1.54, 1.807) is 6.92 Å². The summed E-state index contributed by atoms with van der Waals surface area (Å²) >= 11 is 0. The van der Waals surface area contributed by atoms with E-state index >= 15 is 0 Å². The average Bonchev–Trinajstić information content (AvgIpc) is 2.39. The summed E-state index contributed by atoms with van der Waals surface area (Å²) in [5.41, 5.74) is 7.32. The molecule has 0 bridgehead atoms. The first-order valence-corrected chi connectivity index (χ1v) is 6.82. The topological polar surface area (TPSA) is 41.1 Å². The summed E-state index contributed by atoms with van der Waals surface area (Å²) in [4.78, 5) is 11.0. The fourth-order valence-corrected chi connectivity index (χ4v) is 2.75. The van der Waals surface area contributed by atoms with Crippen LogP contribution < -0.4 is 10.9 Å². The first-order chi connectivity index (χ1) is 8.75. The highest BCUT2D eigenvalue weighted by molar-refractivity contribution is 5.72.